The third-order valence-electron chi connectivity index (χ3n) is 5.34. The molecule has 0 saturated carbocycles. The van der Waals surface area contributed by atoms with Crippen molar-refractivity contribution >= 4 is 0 Å². The van der Waals surface area contributed by atoms with E-state index in [0.29, 0.717) is 17.8 Å². The third kappa shape index (κ3) is 29.4. The number of hydrogen-bond acceptors (Lipinski definition) is 3. The van der Waals surface area contributed by atoms with Gasteiger partial charge in [-0.25, -0.2) is 0 Å². The Kier molecular flexibility index (Phi) is 43.0. The number of rotatable bonds is 15. The molecule has 0 aliphatic rings. The predicted molar refractivity (Wildman–Crippen MR) is 115 cm³/mol. The van der Waals surface area contributed by atoms with Crippen LogP contribution in [0.1, 0.15) is 119 Å². The molecule has 0 aliphatic heterocycles. The molecular weight excluding hydrogens is 481 g/mol. The smallest absolute Gasteiger partial charge is 0.854 e. The average Bonchev–Trinajstić information content (AvgIpc) is 2.71. The van der Waals surface area contributed by atoms with E-state index in [-0.39, 0.29) is 60.7 Å². The maximum absolute atomic E-state index is 10.4. The van der Waals surface area contributed by atoms with Crippen molar-refractivity contribution < 1.29 is 56.2 Å². The van der Waals surface area contributed by atoms with Gasteiger partial charge in [0.2, 0.25) is 0 Å². The average molecular weight is 532 g/mol. The number of hydrogen-bond donors (Lipinski definition) is 0. The molecule has 3 nitrogen and oxygen atoms in total. The molecule has 28 heavy (non-hydrogen) atoms. The van der Waals surface area contributed by atoms with Crippen LogP contribution in [0.25, 0.3) is 0 Å². The molecule has 169 valence electrons. The molecule has 1 radical (unpaired) electrons. The number of unbranched alkanes of at least 4 members (excludes halogenated alkanes) is 3. The summed E-state index contributed by atoms with van der Waals surface area (Å²) in [5, 5.41) is 31.1. The molecule has 0 spiro atoms. The standard InChI is InChI=1S/3C8H17O.Nd/c3*1-3-5-6-8(4-2)7-9;/h3*8H,3-7H2,1-2H3;/q3*-1;+3. The van der Waals surface area contributed by atoms with Gasteiger partial charge >= 0.3 is 40.8 Å². The van der Waals surface area contributed by atoms with Gasteiger partial charge in [-0.2, -0.15) is 0 Å². The summed E-state index contributed by atoms with van der Waals surface area (Å²) in [7, 11) is 0. The van der Waals surface area contributed by atoms with Crippen LogP contribution in [0.4, 0.5) is 0 Å². The zero-order valence-electron chi connectivity index (χ0n) is 20.1. The maximum atomic E-state index is 10.4. The van der Waals surface area contributed by atoms with E-state index in [1.807, 2.05) is 0 Å². The van der Waals surface area contributed by atoms with E-state index in [1.165, 1.54) is 38.5 Å². The molecule has 0 aromatic heterocycles. The molecular formula is C24H51NdO3. The molecule has 0 fully saturated rings. The van der Waals surface area contributed by atoms with Crippen molar-refractivity contribution in [2.45, 2.75) is 119 Å². The Labute approximate surface area is 211 Å². The van der Waals surface area contributed by atoms with Crippen LogP contribution >= 0.6 is 0 Å². The van der Waals surface area contributed by atoms with Gasteiger partial charge < -0.3 is 15.3 Å². The largest absolute Gasteiger partial charge is 3.00 e. The van der Waals surface area contributed by atoms with E-state index in [2.05, 4.69) is 41.5 Å². The molecule has 0 aromatic carbocycles. The second-order valence-electron chi connectivity index (χ2n) is 7.75. The molecule has 0 saturated heterocycles. The summed E-state index contributed by atoms with van der Waals surface area (Å²) < 4.78 is 0. The van der Waals surface area contributed by atoms with E-state index in [9.17, 15) is 15.3 Å². The van der Waals surface area contributed by atoms with Gasteiger partial charge in [0.25, 0.3) is 0 Å². The van der Waals surface area contributed by atoms with Crippen molar-refractivity contribution in [3.8, 4) is 0 Å². The van der Waals surface area contributed by atoms with Gasteiger partial charge in [-0.15, -0.1) is 19.8 Å². The fraction of sp³-hybridized carbons (Fsp3) is 1.00. The first kappa shape index (κ1) is 36.6. The van der Waals surface area contributed by atoms with Gasteiger partial charge in [0.1, 0.15) is 0 Å². The predicted octanol–water partition coefficient (Wildman–Crippen LogP) is 4.69. The van der Waals surface area contributed by atoms with Crippen LogP contribution in [0.15, 0.2) is 0 Å². The SMILES string of the molecule is CCCCC(CC)C[O-].CCCCC(CC)C[O-].CCCCC(CC)C[O-].[Nd+3]. The fourth-order valence-electron chi connectivity index (χ4n) is 2.69. The van der Waals surface area contributed by atoms with E-state index in [4.69, 9.17) is 0 Å². The van der Waals surface area contributed by atoms with Crippen molar-refractivity contribution in [1.29, 1.82) is 0 Å². The molecule has 0 aromatic rings. The molecule has 0 amide bonds. The molecule has 0 aliphatic carbocycles. The molecule has 0 N–H and O–H groups in total. The first-order valence-corrected chi connectivity index (χ1v) is 11.8. The zero-order valence-corrected chi connectivity index (χ0v) is 23.3. The van der Waals surface area contributed by atoms with Crippen LogP contribution in [0.5, 0.6) is 0 Å². The van der Waals surface area contributed by atoms with Gasteiger partial charge in [0.05, 0.1) is 0 Å². The maximum Gasteiger partial charge on any atom is 3.00 e. The Morgan fingerprint density at radius 1 is 0.464 bits per heavy atom. The van der Waals surface area contributed by atoms with Crippen molar-refractivity contribution in [2.75, 3.05) is 19.8 Å². The summed E-state index contributed by atoms with van der Waals surface area (Å²) in [6, 6.07) is 0. The van der Waals surface area contributed by atoms with Gasteiger partial charge in [-0.05, 0) is 0 Å². The zero-order chi connectivity index (χ0) is 21.3. The van der Waals surface area contributed by atoms with E-state index in [0.717, 1.165) is 38.5 Å². The monoisotopic (exact) mass is 529 g/mol. The summed E-state index contributed by atoms with van der Waals surface area (Å²) in [5.41, 5.74) is 0. The van der Waals surface area contributed by atoms with Crippen molar-refractivity contribution in [1.82, 2.24) is 0 Å². The normalized spacial score (nSPS) is 13.2. The first-order chi connectivity index (χ1) is 13.0. The van der Waals surface area contributed by atoms with Crippen molar-refractivity contribution in [3.05, 3.63) is 0 Å². The van der Waals surface area contributed by atoms with Crippen LogP contribution in [0.2, 0.25) is 0 Å². The molecule has 4 heteroatoms. The fourth-order valence-corrected chi connectivity index (χ4v) is 2.69. The summed E-state index contributed by atoms with van der Waals surface area (Å²) in [4.78, 5) is 0. The van der Waals surface area contributed by atoms with Crippen LogP contribution in [-0.4, -0.2) is 19.8 Å². The van der Waals surface area contributed by atoms with Crippen molar-refractivity contribution in [3.63, 3.8) is 0 Å². The first-order valence-electron chi connectivity index (χ1n) is 11.8. The van der Waals surface area contributed by atoms with Crippen LogP contribution in [-0.2, 0) is 0 Å². The van der Waals surface area contributed by atoms with Crippen LogP contribution < -0.4 is 15.3 Å². The molecule has 3 atom stereocenters. The Balaban J connectivity index is -0.000000152. The van der Waals surface area contributed by atoms with E-state index >= 15 is 0 Å². The second kappa shape index (κ2) is 32.9. The Bertz CT molecular complexity index is 190. The van der Waals surface area contributed by atoms with Crippen LogP contribution in [0.3, 0.4) is 0 Å². The second-order valence-corrected chi connectivity index (χ2v) is 7.75. The quantitative estimate of drug-likeness (QED) is 0.308. The van der Waals surface area contributed by atoms with E-state index in [1.54, 1.807) is 0 Å². The Morgan fingerprint density at radius 3 is 0.786 bits per heavy atom. The van der Waals surface area contributed by atoms with Gasteiger partial charge in [0.15, 0.2) is 0 Å². The summed E-state index contributed by atoms with van der Waals surface area (Å²) in [6.07, 6.45) is 13.9. The van der Waals surface area contributed by atoms with Gasteiger partial charge in [0, 0.05) is 0 Å². The summed E-state index contributed by atoms with van der Waals surface area (Å²) in [6.45, 7) is 13.1. The third-order valence-corrected chi connectivity index (χ3v) is 5.34. The molecule has 0 rings (SSSR count). The van der Waals surface area contributed by atoms with E-state index < -0.39 is 0 Å². The van der Waals surface area contributed by atoms with Crippen molar-refractivity contribution in [2.24, 2.45) is 17.8 Å². The Hall–Kier alpha value is 1.23. The molecule has 0 heterocycles. The molecule has 3 unspecified atom stereocenters. The minimum absolute atomic E-state index is 0. The minimum Gasteiger partial charge on any atom is -0.854 e. The summed E-state index contributed by atoms with van der Waals surface area (Å²) in [5.74, 6) is 1.35. The topological polar surface area (TPSA) is 69.2 Å². The molecule has 0 bridgehead atoms. The van der Waals surface area contributed by atoms with Gasteiger partial charge in [-0.3, -0.25) is 0 Å². The Morgan fingerprint density at radius 2 is 0.679 bits per heavy atom. The summed E-state index contributed by atoms with van der Waals surface area (Å²) >= 11 is 0. The van der Waals surface area contributed by atoms with Gasteiger partial charge in [-0.1, -0.05) is 136 Å². The minimum atomic E-state index is 0. The van der Waals surface area contributed by atoms with Crippen LogP contribution in [0, 0.1) is 58.6 Å².